The van der Waals surface area contributed by atoms with Crippen LogP contribution in [0.2, 0.25) is 0 Å². The summed E-state index contributed by atoms with van der Waals surface area (Å²) in [6.07, 6.45) is 7.77. The van der Waals surface area contributed by atoms with Crippen molar-refractivity contribution in [2.75, 3.05) is 11.9 Å². The van der Waals surface area contributed by atoms with Crippen molar-refractivity contribution in [1.29, 1.82) is 0 Å². The van der Waals surface area contributed by atoms with E-state index in [2.05, 4.69) is 10.3 Å². The Morgan fingerprint density at radius 1 is 1.50 bits per heavy atom. The molecular formula is C14H21N3O. The molecule has 0 aliphatic heterocycles. The lowest BCUT2D eigenvalue weighted by molar-refractivity contribution is -0.122. The maximum atomic E-state index is 12.3. The Balaban J connectivity index is 2.05. The minimum Gasteiger partial charge on any atom is -0.330 e. The van der Waals surface area contributed by atoms with Crippen LogP contribution in [-0.4, -0.2) is 17.4 Å². The highest BCUT2D eigenvalue weighted by Crippen LogP contribution is 2.30. The van der Waals surface area contributed by atoms with Crippen LogP contribution in [0.4, 0.5) is 5.69 Å². The van der Waals surface area contributed by atoms with E-state index in [-0.39, 0.29) is 11.8 Å². The molecule has 1 aliphatic rings. The second-order valence-electron chi connectivity index (χ2n) is 5.07. The highest BCUT2D eigenvalue weighted by Gasteiger charge is 2.30. The number of amides is 1. The van der Waals surface area contributed by atoms with Gasteiger partial charge in [0, 0.05) is 12.1 Å². The minimum absolute atomic E-state index is 0.0587. The third kappa shape index (κ3) is 2.88. The van der Waals surface area contributed by atoms with Gasteiger partial charge >= 0.3 is 0 Å². The van der Waals surface area contributed by atoms with Crippen LogP contribution in [0.5, 0.6) is 0 Å². The maximum Gasteiger partial charge on any atom is 0.227 e. The molecule has 2 atom stereocenters. The summed E-state index contributed by atoms with van der Waals surface area (Å²) in [7, 11) is 0. The Kier molecular flexibility index (Phi) is 4.31. The summed E-state index contributed by atoms with van der Waals surface area (Å²) in [5.74, 6) is 0.486. The normalized spacial score (nSPS) is 23.7. The smallest absolute Gasteiger partial charge is 0.227 e. The lowest BCUT2D eigenvalue weighted by Gasteiger charge is -2.29. The molecule has 4 nitrogen and oxygen atoms in total. The standard InChI is InChI=1S/C14H21N3O/c1-10-6-7-16-9-13(10)17-14(18)12-5-3-2-4-11(12)8-15/h6-7,9,11-12H,2-5,8,15H2,1H3,(H,17,18). The number of aromatic nitrogens is 1. The molecule has 1 aliphatic carbocycles. The predicted octanol–water partition coefficient (Wildman–Crippen LogP) is 2.09. The SMILES string of the molecule is Cc1ccncc1NC(=O)C1CCCCC1CN. The second kappa shape index (κ2) is 5.96. The molecule has 1 aromatic heterocycles. The van der Waals surface area contributed by atoms with E-state index in [1.165, 1.54) is 6.42 Å². The van der Waals surface area contributed by atoms with Crippen molar-refractivity contribution in [1.82, 2.24) is 4.98 Å². The molecule has 0 radical (unpaired) electrons. The maximum absolute atomic E-state index is 12.3. The fourth-order valence-electron chi connectivity index (χ4n) is 2.66. The molecule has 0 saturated heterocycles. The number of aryl methyl sites for hydroxylation is 1. The highest BCUT2D eigenvalue weighted by atomic mass is 16.1. The van der Waals surface area contributed by atoms with Gasteiger partial charge in [-0.3, -0.25) is 9.78 Å². The van der Waals surface area contributed by atoms with E-state index in [4.69, 9.17) is 5.73 Å². The number of nitrogens with zero attached hydrogens (tertiary/aromatic N) is 1. The van der Waals surface area contributed by atoms with Crippen LogP contribution in [-0.2, 0) is 4.79 Å². The Labute approximate surface area is 108 Å². The molecular weight excluding hydrogens is 226 g/mol. The Hall–Kier alpha value is -1.42. The number of hydrogen-bond acceptors (Lipinski definition) is 3. The molecule has 0 bridgehead atoms. The van der Waals surface area contributed by atoms with Crippen molar-refractivity contribution >= 4 is 11.6 Å². The zero-order valence-corrected chi connectivity index (χ0v) is 10.9. The number of nitrogens with one attached hydrogen (secondary N) is 1. The Bertz CT molecular complexity index is 419. The number of carbonyl (C=O) groups excluding carboxylic acids is 1. The van der Waals surface area contributed by atoms with Crippen LogP contribution in [0, 0.1) is 18.8 Å². The van der Waals surface area contributed by atoms with Gasteiger partial charge in [-0.05, 0) is 43.9 Å². The first-order valence-corrected chi connectivity index (χ1v) is 6.64. The van der Waals surface area contributed by atoms with E-state index in [1.807, 2.05) is 13.0 Å². The van der Waals surface area contributed by atoms with Crippen LogP contribution in [0.15, 0.2) is 18.5 Å². The van der Waals surface area contributed by atoms with Crippen molar-refractivity contribution < 1.29 is 4.79 Å². The van der Waals surface area contributed by atoms with Crippen LogP contribution >= 0.6 is 0 Å². The van der Waals surface area contributed by atoms with E-state index in [1.54, 1.807) is 12.4 Å². The van der Waals surface area contributed by atoms with Gasteiger partial charge in [-0.1, -0.05) is 12.8 Å². The molecule has 3 N–H and O–H groups in total. The summed E-state index contributed by atoms with van der Waals surface area (Å²) in [4.78, 5) is 16.3. The zero-order chi connectivity index (χ0) is 13.0. The van der Waals surface area contributed by atoms with E-state index < -0.39 is 0 Å². The molecule has 0 aromatic carbocycles. The van der Waals surface area contributed by atoms with Crippen LogP contribution < -0.4 is 11.1 Å². The van der Waals surface area contributed by atoms with Crippen molar-refractivity contribution in [3.63, 3.8) is 0 Å². The van der Waals surface area contributed by atoms with Gasteiger partial charge in [0.25, 0.3) is 0 Å². The third-order valence-electron chi connectivity index (χ3n) is 3.85. The van der Waals surface area contributed by atoms with E-state index >= 15 is 0 Å². The van der Waals surface area contributed by atoms with Gasteiger partial charge in [-0.15, -0.1) is 0 Å². The van der Waals surface area contributed by atoms with Gasteiger partial charge in [-0.2, -0.15) is 0 Å². The molecule has 1 heterocycles. The van der Waals surface area contributed by atoms with E-state index in [0.717, 1.165) is 30.5 Å². The topological polar surface area (TPSA) is 68.0 Å². The number of hydrogen-bond donors (Lipinski definition) is 2. The van der Waals surface area contributed by atoms with Gasteiger partial charge in [-0.25, -0.2) is 0 Å². The number of anilines is 1. The molecule has 1 amide bonds. The second-order valence-corrected chi connectivity index (χ2v) is 5.07. The lowest BCUT2D eigenvalue weighted by atomic mass is 9.78. The van der Waals surface area contributed by atoms with Gasteiger partial charge in [0.2, 0.25) is 5.91 Å². The molecule has 4 heteroatoms. The summed E-state index contributed by atoms with van der Waals surface area (Å²) in [6.45, 7) is 2.57. The number of rotatable bonds is 3. The summed E-state index contributed by atoms with van der Waals surface area (Å²) in [6, 6.07) is 1.90. The molecule has 18 heavy (non-hydrogen) atoms. The van der Waals surface area contributed by atoms with Crippen LogP contribution in [0.1, 0.15) is 31.2 Å². The number of nitrogens with two attached hydrogens (primary N) is 1. The summed E-state index contributed by atoms with van der Waals surface area (Å²) < 4.78 is 0. The fraction of sp³-hybridized carbons (Fsp3) is 0.571. The molecule has 0 spiro atoms. The first kappa shape index (κ1) is 13.0. The first-order chi connectivity index (χ1) is 8.72. The van der Waals surface area contributed by atoms with Gasteiger partial charge in [0.15, 0.2) is 0 Å². The minimum atomic E-state index is 0.0587. The molecule has 2 rings (SSSR count). The van der Waals surface area contributed by atoms with Crippen LogP contribution in [0.25, 0.3) is 0 Å². The average molecular weight is 247 g/mol. The predicted molar refractivity (Wildman–Crippen MR) is 72.1 cm³/mol. The Morgan fingerprint density at radius 2 is 2.28 bits per heavy atom. The number of carbonyl (C=O) groups is 1. The quantitative estimate of drug-likeness (QED) is 0.859. The van der Waals surface area contributed by atoms with Gasteiger partial charge in [0.1, 0.15) is 0 Å². The molecule has 1 fully saturated rings. The molecule has 1 saturated carbocycles. The summed E-state index contributed by atoms with van der Waals surface area (Å²) in [5.41, 5.74) is 7.61. The highest BCUT2D eigenvalue weighted by molar-refractivity contribution is 5.93. The summed E-state index contributed by atoms with van der Waals surface area (Å²) >= 11 is 0. The average Bonchev–Trinajstić information content (AvgIpc) is 2.41. The largest absolute Gasteiger partial charge is 0.330 e. The van der Waals surface area contributed by atoms with Crippen molar-refractivity contribution in [3.8, 4) is 0 Å². The fourth-order valence-corrected chi connectivity index (χ4v) is 2.66. The van der Waals surface area contributed by atoms with E-state index in [0.29, 0.717) is 12.5 Å². The zero-order valence-electron chi connectivity index (χ0n) is 10.9. The van der Waals surface area contributed by atoms with Gasteiger partial charge in [0.05, 0.1) is 11.9 Å². The van der Waals surface area contributed by atoms with E-state index in [9.17, 15) is 4.79 Å². The lowest BCUT2D eigenvalue weighted by Crippen LogP contribution is -2.35. The van der Waals surface area contributed by atoms with Crippen molar-refractivity contribution in [2.24, 2.45) is 17.6 Å². The van der Waals surface area contributed by atoms with Crippen molar-refractivity contribution in [3.05, 3.63) is 24.0 Å². The molecule has 98 valence electrons. The van der Waals surface area contributed by atoms with Crippen LogP contribution in [0.3, 0.4) is 0 Å². The Morgan fingerprint density at radius 3 is 3.00 bits per heavy atom. The van der Waals surface area contributed by atoms with Gasteiger partial charge < -0.3 is 11.1 Å². The molecule has 2 unspecified atom stereocenters. The first-order valence-electron chi connectivity index (χ1n) is 6.64. The third-order valence-corrected chi connectivity index (χ3v) is 3.85. The summed E-state index contributed by atoms with van der Waals surface area (Å²) in [5, 5.41) is 2.99. The number of pyridine rings is 1. The van der Waals surface area contributed by atoms with Crippen molar-refractivity contribution in [2.45, 2.75) is 32.6 Å². The molecule has 1 aromatic rings. The monoisotopic (exact) mass is 247 g/mol.